The first-order valence-electron chi connectivity index (χ1n) is 10.1. The summed E-state index contributed by atoms with van der Waals surface area (Å²) in [6, 6.07) is 12.6. The van der Waals surface area contributed by atoms with E-state index in [9.17, 15) is 17.6 Å². The van der Waals surface area contributed by atoms with Gasteiger partial charge in [-0.25, -0.2) is 12.8 Å². The van der Waals surface area contributed by atoms with Crippen LogP contribution in [0.15, 0.2) is 62.7 Å². The van der Waals surface area contributed by atoms with Crippen LogP contribution in [0.5, 0.6) is 0 Å². The van der Waals surface area contributed by atoms with Crippen LogP contribution in [0.2, 0.25) is 0 Å². The topological polar surface area (TPSA) is 102 Å². The van der Waals surface area contributed by atoms with Crippen molar-refractivity contribution >= 4 is 33.5 Å². The molecule has 1 amide bonds. The molecule has 0 atom stereocenters. The van der Waals surface area contributed by atoms with Crippen LogP contribution >= 0.6 is 11.8 Å². The minimum Gasteiger partial charge on any atom is -0.407 e. The highest BCUT2D eigenvalue weighted by molar-refractivity contribution is 7.99. The largest absolute Gasteiger partial charge is 0.407 e. The molecule has 3 rings (SSSR count). The molecule has 1 heterocycles. The van der Waals surface area contributed by atoms with Crippen LogP contribution in [-0.2, 0) is 21.1 Å². The number of anilines is 1. The Morgan fingerprint density at radius 1 is 1.09 bits per heavy atom. The van der Waals surface area contributed by atoms with Gasteiger partial charge in [0.05, 0.1) is 17.1 Å². The van der Waals surface area contributed by atoms with Gasteiger partial charge in [0.2, 0.25) is 11.8 Å². The number of carbonyl (C=O) groups excluding carboxylic acids is 1. The number of carbonyl (C=O) groups is 1. The minimum atomic E-state index is -3.59. The van der Waals surface area contributed by atoms with Crippen molar-refractivity contribution in [3.05, 3.63) is 65.8 Å². The molecule has 0 saturated heterocycles. The van der Waals surface area contributed by atoms with Gasteiger partial charge in [-0.3, -0.25) is 10.1 Å². The van der Waals surface area contributed by atoms with Gasteiger partial charge >= 0.3 is 6.01 Å². The normalized spacial score (nSPS) is 11.6. The fourth-order valence-electron chi connectivity index (χ4n) is 2.87. The predicted octanol–water partition coefficient (Wildman–Crippen LogP) is 4.49. The molecular formula is C22H24FN3O4S2. The van der Waals surface area contributed by atoms with E-state index in [4.69, 9.17) is 4.42 Å². The molecule has 1 N–H and O–H groups in total. The second kappa shape index (κ2) is 10.7. The average molecular weight is 478 g/mol. The molecule has 1 aromatic heterocycles. The van der Waals surface area contributed by atoms with Crippen LogP contribution in [-0.4, -0.2) is 35.5 Å². The number of nitrogens with zero attached hydrogens (tertiary/aromatic N) is 2. The molecule has 3 aromatic rings. The van der Waals surface area contributed by atoms with Crippen LogP contribution in [0.25, 0.3) is 0 Å². The Bertz CT molecular complexity index is 1140. The summed E-state index contributed by atoms with van der Waals surface area (Å²) in [5, 5.41) is 10.7. The summed E-state index contributed by atoms with van der Waals surface area (Å²) < 4.78 is 42.9. The molecule has 0 unspecified atom stereocenters. The molecule has 0 saturated carbocycles. The summed E-state index contributed by atoms with van der Waals surface area (Å²) in [5.41, 5.74) is 1.01. The van der Waals surface area contributed by atoms with Crippen molar-refractivity contribution in [3.8, 4) is 0 Å². The van der Waals surface area contributed by atoms with Crippen molar-refractivity contribution in [1.82, 2.24) is 10.2 Å². The third-order valence-corrected chi connectivity index (χ3v) is 7.19. The molecule has 0 aliphatic rings. The van der Waals surface area contributed by atoms with E-state index in [0.717, 1.165) is 17.7 Å². The van der Waals surface area contributed by atoms with E-state index in [0.29, 0.717) is 17.6 Å². The average Bonchev–Trinajstić information content (AvgIpc) is 3.16. The van der Waals surface area contributed by atoms with Gasteiger partial charge in [-0.1, -0.05) is 31.1 Å². The molecule has 0 bridgehead atoms. The lowest BCUT2D eigenvalue weighted by molar-refractivity contribution is -0.116. The number of benzene rings is 2. The Balaban J connectivity index is 1.46. The van der Waals surface area contributed by atoms with E-state index < -0.39 is 21.6 Å². The van der Waals surface area contributed by atoms with Crippen molar-refractivity contribution < 1.29 is 22.0 Å². The first-order chi connectivity index (χ1) is 15.2. The van der Waals surface area contributed by atoms with E-state index in [-0.39, 0.29) is 29.5 Å². The number of thioether (sulfide) groups is 1. The summed E-state index contributed by atoms with van der Waals surface area (Å²) in [4.78, 5) is 13.3. The zero-order valence-corrected chi connectivity index (χ0v) is 19.4. The van der Waals surface area contributed by atoms with Gasteiger partial charge in [-0.15, -0.1) is 16.9 Å². The molecular weight excluding hydrogens is 453 g/mol. The Kier molecular flexibility index (Phi) is 8.03. The Labute approximate surface area is 190 Å². The summed E-state index contributed by atoms with van der Waals surface area (Å²) in [5.74, 6) is -0.802. The zero-order chi connectivity index (χ0) is 23.1. The number of hydrogen-bond acceptors (Lipinski definition) is 7. The van der Waals surface area contributed by atoms with Crippen molar-refractivity contribution in [1.29, 1.82) is 0 Å². The highest BCUT2D eigenvalue weighted by atomic mass is 32.2. The number of hydrogen-bond donors (Lipinski definition) is 1. The van der Waals surface area contributed by atoms with Crippen LogP contribution < -0.4 is 5.32 Å². The smallest absolute Gasteiger partial charge is 0.322 e. The predicted molar refractivity (Wildman–Crippen MR) is 121 cm³/mol. The lowest BCUT2D eigenvalue weighted by Gasteiger charge is -2.05. The van der Waals surface area contributed by atoms with Gasteiger partial charge in [0.1, 0.15) is 5.82 Å². The van der Waals surface area contributed by atoms with Gasteiger partial charge in [-0.2, -0.15) is 0 Å². The molecule has 0 aliphatic carbocycles. The summed E-state index contributed by atoms with van der Waals surface area (Å²) in [6.07, 6.45) is 0.506. The quantitative estimate of drug-likeness (QED) is 0.339. The third kappa shape index (κ3) is 7.16. The fourth-order valence-corrected chi connectivity index (χ4v) is 5.02. The highest BCUT2D eigenvalue weighted by Crippen LogP contribution is 2.23. The Hall–Kier alpha value is -2.72. The van der Waals surface area contributed by atoms with Crippen LogP contribution in [0, 0.1) is 5.82 Å². The standard InChI is InChI=1S/C22H24FN3O4S2/c1-15(2)31-18-9-5-16(6-10-18)14-21-25-26-22(30-21)24-20(27)4-3-13-32(28,29)19-11-7-17(23)8-12-19/h5-12,15H,3-4,13-14H2,1-2H3,(H,24,26,27). The second-order valence-electron chi connectivity index (χ2n) is 7.41. The molecule has 0 fully saturated rings. The molecule has 2 aromatic carbocycles. The summed E-state index contributed by atoms with van der Waals surface area (Å²) in [7, 11) is -3.59. The number of halogens is 1. The third-order valence-electron chi connectivity index (χ3n) is 4.35. The van der Waals surface area contributed by atoms with Crippen molar-refractivity contribution in [2.24, 2.45) is 0 Å². The number of aromatic nitrogens is 2. The molecule has 32 heavy (non-hydrogen) atoms. The maximum absolute atomic E-state index is 13.0. The lowest BCUT2D eigenvalue weighted by atomic mass is 10.1. The van der Waals surface area contributed by atoms with E-state index >= 15 is 0 Å². The van der Waals surface area contributed by atoms with Crippen LogP contribution in [0.4, 0.5) is 10.4 Å². The van der Waals surface area contributed by atoms with E-state index in [2.05, 4.69) is 29.4 Å². The highest BCUT2D eigenvalue weighted by Gasteiger charge is 2.16. The molecule has 0 aliphatic heterocycles. The summed E-state index contributed by atoms with van der Waals surface area (Å²) >= 11 is 1.78. The van der Waals surface area contributed by atoms with E-state index in [1.54, 1.807) is 11.8 Å². The summed E-state index contributed by atoms with van der Waals surface area (Å²) in [6.45, 7) is 4.27. The van der Waals surface area contributed by atoms with E-state index in [1.165, 1.54) is 17.0 Å². The van der Waals surface area contributed by atoms with Crippen LogP contribution in [0.1, 0.15) is 38.1 Å². The number of amides is 1. The number of nitrogens with one attached hydrogen (secondary N) is 1. The minimum absolute atomic E-state index is 0.0247. The maximum atomic E-state index is 13.0. The van der Waals surface area contributed by atoms with E-state index in [1.807, 2.05) is 24.3 Å². The monoisotopic (exact) mass is 477 g/mol. The number of rotatable bonds is 10. The van der Waals surface area contributed by atoms with Crippen molar-refractivity contribution in [2.45, 2.75) is 48.2 Å². The molecule has 0 spiro atoms. The molecule has 0 radical (unpaired) electrons. The van der Waals surface area contributed by atoms with Gasteiger partial charge in [0.15, 0.2) is 9.84 Å². The van der Waals surface area contributed by atoms with Gasteiger partial charge in [-0.05, 0) is 48.4 Å². The fraction of sp³-hybridized carbons (Fsp3) is 0.318. The van der Waals surface area contributed by atoms with Gasteiger partial charge in [0.25, 0.3) is 0 Å². The van der Waals surface area contributed by atoms with Gasteiger partial charge in [0, 0.05) is 16.6 Å². The Morgan fingerprint density at radius 3 is 2.44 bits per heavy atom. The molecule has 7 nitrogen and oxygen atoms in total. The van der Waals surface area contributed by atoms with Crippen LogP contribution in [0.3, 0.4) is 0 Å². The zero-order valence-electron chi connectivity index (χ0n) is 17.7. The molecule has 10 heteroatoms. The van der Waals surface area contributed by atoms with Crippen molar-refractivity contribution in [2.75, 3.05) is 11.1 Å². The molecule has 170 valence electrons. The second-order valence-corrected chi connectivity index (χ2v) is 11.2. The first-order valence-corrected chi connectivity index (χ1v) is 12.6. The number of sulfone groups is 1. The Morgan fingerprint density at radius 2 is 1.78 bits per heavy atom. The maximum Gasteiger partial charge on any atom is 0.322 e. The van der Waals surface area contributed by atoms with Crippen molar-refractivity contribution in [3.63, 3.8) is 0 Å². The lowest BCUT2D eigenvalue weighted by Crippen LogP contribution is -2.14. The van der Waals surface area contributed by atoms with Gasteiger partial charge < -0.3 is 4.42 Å². The first kappa shape index (κ1) is 23.9. The SMILES string of the molecule is CC(C)Sc1ccc(Cc2nnc(NC(=O)CCCS(=O)(=O)c3ccc(F)cc3)o2)cc1.